The van der Waals surface area contributed by atoms with E-state index in [9.17, 15) is 8.42 Å². The van der Waals surface area contributed by atoms with E-state index in [1.807, 2.05) is 0 Å². The Kier molecular flexibility index (Phi) is 3.68. The zero-order valence-electron chi connectivity index (χ0n) is 8.43. The molecular formula is C8H11N3O3S2. The highest BCUT2D eigenvalue weighted by Gasteiger charge is 2.15. The van der Waals surface area contributed by atoms with Gasteiger partial charge in [-0.15, -0.1) is 0 Å². The van der Waals surface area contributed by atoms with Crippen LogP contribution in [0.5, 0.6) is 5.75 Å². The number of methoxy groups -OCH3 is 1. The van der Waals surface area contributed by atoms with Crippen molar-refractivity contribution < 1.29 is 13.2 Å². The molecule has 0 fully saturated rings. The van der Waals surface area contributed by atoms with Crippen molar-refractivity contribution in [1.29, 1.82) is 0 Å². The summed E-state index contributed by atoms with van der Waals surface area (Å²) in [7, 11) is -2.50. The second-order valence-corrected chi connectivity index (χ2v) is 4.87. The van der Waals surface area contributed by atoms with E-state index in [-0.39, 0.29) is 15.8 Å². The monoisotopic (exact) mass is 261 g/mol. The van der Waals surface area contributed by atoms with E-state index in [0.29, 0.717) is 5.69 Å². The van der Waals surface area contributed by atoms with Crippen molar-refractivity contribution in [1.82, 2.24) is 0 Å². The Balaban J connectivity index is 3.27. The molecule has 0 aliphatic rings. The third kappa shape index (κ3) is 3.05. The smallest absolute Gasteiger partial charge is 0.241 e. The molecule has 0 saturated heterocycles. The average Bonchev–Trinajstić information content (AvgIpc) is 2.15. The molecule has 0 heterocycles. The first kappa shape index (κ1) is 12.7. The largest absolute Gasteiger partial charge is 0.495 e. The highest BCUT2D eigenvalue weighted by Crippen LogP contribution is 2.25. The Morgan fingerprint density at radius 2 is 2.12 bits per heavy atom. The van der Waals surface area contributed by atoms with Crippen LogP contribution in [0.25, 0.3) is 0 Å². The first-order valence-electron chi connectivity index (χ1n) is 4.12. The lowest BCUT2D eigenvalue weighted by Gasteiger charge is -2.09. The average molecular weight is 261 g/mol. The lowest BCUT2D eigenvalue weighted by molar-refractivity contribution is 0.403. The van der Waals surface area contributed by atoms with E-state index in [1.54, 1.807) is 6.07 Å². The van der Waals surface area contributed by atoms with Crippen molar-refractivity contribution in [2.75, 3.05) is 12.4 Å². The first-order valence-corrected chi connectivity index (χ1v) is 6.07. The van der Waals surface area contributed by atoms with Crippen molar-refractivity contribution in [2.45, 2.75) is 4.90 Å². The van der Waals surface area contributed by atoms with Crippen LogP contribution >= 0.6 is 12.2 Å². The number of nitrogens with two attached hydrogens (primary N) is 2. The minimum absolute atomic E-state index is 0.0329. The molecule has 88 valence electrons. The Hall–Kier alpha value is -1.38. The predicted molar refractivity (Wildman–Crippen MR) is 64.8 cm³/mol. The van der Waals surface area contributed by atoms with Crippen LogP contribution in [0, 0.1) is 0 Å². The second-order valence-electron chi connectivity index (χ2n) is 2.90. The zero-order valence-corrected chi connectivity index (χ0v) is 10.1. The minimum atomic E-state index is -3.85. The topological polar surface area (TPSA) is 107 Å². The third-order valence-electron chi connectivity index (χ3n) is 1.74. The van der Waals surface area contributed by atoms with Gasteiger partial charge in [0, 0.05) is 5.69 Å². The number of hydrogen-bond acceptors (Lipinski definition) is 4. The molecular weight excluding hydrogens is 250 g/mol. The maximum absolute atomic E-state index is 11.3. The lowest BCUT2D eigenvalue weighted by Crippen LogP contribution is -2.20. The highest BCUT2D eigenvalue weighted by molar-refractivity contribution is 7.89. The van der Waals surface area contributed by atoms with Crippen LogP contribution in [0.3, 0.4) is 0 Å². The molecule has 1 rings (SSSR count). The first-order chi connectivity index (χ1) is 7.34. The van der Waals surface area contributed by atoms with E-state index in [2.05, 4.69) is 17.5 Å². The molecule has 1 aromatic carbocycles. The van der Waals surface area contributed by atoms with Gasteiger partial charge >= 0.3 is 0 Å². The van der Waals surface area contributed by atoms with Gasteiger partial charge in [0.2, 0.25) is 10.0 Å². The van der Waals surface area contributed by atoms with Gasteiger partial charge in [-0.2, -0.15) is 0 Å². The van der Waals surface area contributed by atoms with Gasteiger partial charge in [-0.05, 0) is 30.4 Å². The lowest BCUT2D eigenvalue weighted by atomic mass is 10.3. The summed E-state index contributed by atoms with van der Waals surface area (Å²) in [6.45, 7) is 0. The van der Waals surface area contributed by atoms with Gasteiger partial charge in [0.15, 0.2) is 5.11 Å². The number of sulfonamides is 1. The van der Waals surface area contributed by atoms with E-state index < -0.39 is 10.0 Å². The van der Waals surface area contributed by atoms with Gasteiger partial charge in [-0.3, -0.25) is 0 Å². The zero-order chi connectivity index (χ0) is 12.3. The summed E-state index contributed by atoms with van der Waals surface area (Å²) in [5, 5.41) is 7.67. The Labute approximate surface area is 98.6 Å². The van der Waals surface area contributed by atoms with E-state index in [1.165, 1.54) is 19.2 Å². The maximum atomic E-state index is 11.3. The molecule has 0 unspecified atom stereocenters. The molecule has 1 aromatic rings. The SMILES string of the molecule is COc1ccc(NC(N)=S)cc1S(N)(=O)=O. The number of hydrogen-bond donors (Lipinski definition) is 3. The number of rotatable bonds is 3. The number of primary sulfonamides is 1. The van der Waals surface area contributed by atoms with Crippen molar-refractivity contribution in [3.63, 3.8) is 0 Å². The molecule has 0 saturated carbocycles. The van der Waals surface area contributed by atoms with Crippen molar-refractivity contribution >= 4 is 33.0 Å². The van der Waals surface area contributed by atoms with Gasteiger partial charge in [-0.25, -0.2) is 13.6 Å². The molecule has 0 spiro atoms. The van der Waals surface area contributed by atoms with Crippen LogP contribution in [0.15, 0.2) is 23.1 Å². The van der Waals surface area contributed by atoms with Crippen molar-refractivity contribution in [3.05, 3.63) is 18.2 Å². The Morgan fingerprint density at radius 1 is 1.50 bits per heavy atom. The molecule has 0 amide bonds. The molecule has 0 atom stereocenters. The Bertz CT molecular complexity index is 513. The normalized spacial score (nSPS) is 10.9. The van der Waals surface area contributed by atoms with Crippen LogP contribution < -0.4 is 20.9 Å². The van der Waals surface area contributed by atoms with Crippen molar-refractivity contribution in [3.8, 4) is 5.75 Å². The summed E-state index contributed by atoms with van der Waals surface area (Å²) in [6.07, 6.45) is 0. The number of anilines is 1. The second kappa shape index (κ2) is 4.64. The number of thiocarbonyl (C=S) groups is 1. The number of benzene rings is 1. The minimum Gasteiger partial charge on any atom is -0.495 e. The molecule has 5 N–H and O–H groups in total. The molecule has 0 aromatic heterocycles. The molecule has 6 nitrogen and oxygen atoms in total. The van der Waals surface area contributed by atoms with E-state index >= 15 is 0 Å². The molecule has 0 aliphatic heterocycles. The standard InChI is InChI=1S/C8H11N3O3S2/c1-14-6-3-2-5(11-8(9)15)4-7(6)16(10,12)13/h2-4H,1H3,(H3,9,11,15)(H2,10,12,13). The summed E-state index contributed by atoms with van der Waals surface area (Å²) in [5.74, 6) is 0.163. The van der Waals surface area contributed by atoms with Gasteiger partial charge in [0.1, 0.15) is 10.6 Å². The molecule has 0 bridgehead atoms. The van der Waals surface area contributed by atoms with Gasteiger partial charge in [-0.1, -0.05) is 0 Å². The third-order valence-corrected chi connectivity index (χ3v) is 2.77. The summed E-state index contributed by atoms with van der Waals surface area (Å²) in [6, 6.07) is 4.33. The molecule has 0 aliphatic carbocycles. The van der Waals surface area contributed by atoms with Crippen molar-refractivity contribution in [2.24, 2.45) is 10.9 Å². The number of ether oxygens (including phenoxy) is 1. The van der Waals surface area contributed by atoms with Gasteiger partial charge in [0.05, 0.1) is 7.11 Å². The van der Waals surface area contributed by atoms with Crippen LogP contribution in [0.1, 0.15) is 0 Å². The van der Waals surface area contributed by atoms with Gasteiger partial charge < -0.3 is 15.8 Å². The summed E-state index contributed by atoms with van der Waals surface area (Å²) < 4.78 is 27.4. The van der Waals surface area contributed by atoms with Gasteiger partial charge in [0.25, 0.3) is 0 Å². The van der Waals surface area contributed by atoms with E-state index in [4.69, 9.17) is 15.6 Å². The number of nitrogens with one attached hydrogen (secondary N) is 1. The fraction of sp³-hybridized carbons (Fsp3) is 0.125. The fourth-order valence-corrected chi connectivity index (χ4v) is 1.96. The van der Waals surface area contributed by atoms with Crippen LogP contribution in [-0.4, -0.2) is 20.6 Å². The predicted octanol–water partition coefficient (Wildman–Crippen LogP) is -0.00190. The Morgan fingerprint density at radius 3 is 2.56 bits per heavy atom. The molecule has 8 heteroatoms. The quantitative estimate of drug-likeness (QED) is 0.661. The van der Waals surface area contributed by atoms with Crippen LogP contribution in [-0.2, 0) is 10.0 Å². The highest BCUT2D eigenvalue weighted by atomic mass is 32.2. The van der Waals surface area contributed by atoms with Crippen LogP contribution in [0.4, 0.5) is 5.69 Å². The summed E-state index contributed by atoms with van der Waals surface area (Å²) >= 11 is 4.63. The summed E-state index contributed by atoms with van der Waals surface area (Å²) in [4.78, 5) is -0.128. The van der Waals surface area contributed by atoms with Crippen LogP contribution in [0.2, 0.25) is 0 Å². The maximum Gasteiger partial charge on any atom is 0.241 e. The summed E-state index contributed by atoms with van der Waals surface area (Å²) in [5.41, 5.74) is 5.69. The fourth-order valence-electron chi connectivity index (χ4n) is 1.12. The van der Waals surface area contributed by atoms with E-state index in [0.717, 1.165) is 0 Å². The molecule has 16 heavy (non-hydrogen) atoms. The molecule has 0 radical (unpaired) electrons.